The van der Waals surface area contributed by atoms with Crippen LogP contribution in [0.2, 0.25) is 0 Å². The van der Waals surface area contributed by atoms with Crippen molar-refractivity contribution >= 4 is 23.9 Å². The van der Waals surface area contributed by atoms with Gasteiger partial charge in [0.05, 0.1) is 18.1 Å². The van der Waals surface area contributed by atoms with Crippen LogP contribution in [0.3, 0.4) is 0 Å². The molecule has 9 nitrogen and oxygen atoms in total. The van der Waals surface area contributed by atoms with Crippen LogP contribution >= 0.6 is 0 Å². The summed E-state index contributed by atoms with van der Waals surface area (Å²) in [5.74, 6) is -0.0275. The van der Waals surface area contributed by atoms with Gasteiger partial charge in [0.15, 0.2) is 0 Å². The van der Waals surface area contributed by atoms with Gasteiger partial charge in [0.2, 0.25) is 11.9 Å². The van der Waals surface area contributed by atoms with Crippen LogP contribution in [0.5, 0.6) is 0 Å². The van der Waals surface area contributed by atoms with Gasteiger partial charge in [-0.2, -0.15) is 4.99 Å². The predicted octanol–water partition coefficient (Wildman–Crippen LogP) is 1.72. The van der Waals surface area contributed by atoms with Crippen LogP contribution in [0.1, 0.15) is 48.5 Å². The summed E-state index contributed by atoms with van der Waals surface area (Å²) in [5.41, 5.74) is -1.31. The number of fused-ring (bicyclic) bond motifs is 1. The number of carbonyl (C=O) groups is 3. The van der Waals surface area contributed by atoms with Crippen molar-refractivity contribution in [1.29, 1.82) is 0 Å². The summed E-state index contributed by atoms with van der Waals surface area (Å²) in [4.78, 5) is 46.4. The fourth-order valence-electron chi connectivity index (χ4n) is 3.56. The third-order valence-corrected chi connectivity index (χ3v) is 4.78. The van der Waals surface area contributed by atoms with Crippen LogP contribution in [0.4, 0.5) is 4.79 Å². The van der Waals surface area contributed by atoms with Crippen molar-refractivity contribution in [3.8, 4) is 0 Å². The molecule has 2 aliphatic heterocycles. The van der Waals surface area contributed by atoms with Gasteiger partial charge in [0.25, 0.3) is 0 Å². The molecule has 2 aliphatic rings. The number of esters is 1. The Kier molecular flexibility index (Phi) is 6.80. The molecule has 0 spiro atoms. The lowest BCUT2D eigenvalue weighted by atomic mass is 9.93. The molecule has 0 aliphatic carbocycles. The molecule has 164 valence electrons. The number of rotatable bonds is 4. The molecule has 0 aromatic rings. The maximum Gasteiger partial charge on any atom is 0.410 e. The topological polar surface area (TPSA) is 91.8 Å². The number of ether oxygens (including phenoxy) is 2. The van der Waals surface area contributed by atoms with E-state index in [1.165, 1.54) is 6.92 Å². The number of piperazine rings is 1. The first kappa shape index (κ1) is 23.0. The van der Waals surface area contributed by atoms with E-state index in [2.05, 4.69) is 4.99 Å². The molecule has 29 heavy (non-hydrogen) atoms. The van der Waals surface area contributed by atoms with Gasteiger partial charge in [-0.1, -0.05) is 0 Å². The lowest BCUT2D eigenvalue weighted by molar-refractivity contribution is -0.153. The van der Waals surface area contributed by atoms with Gasteiger partial charge >= 0.3 is 12.1 Å². The lowest BCUT2D eigenvalue weighted by Gasteiger charge is -2.38. The lowest BCUT2D eigenvalue weighted by Crippen LogP contribution is -2.55. The van der Waals surface area contributed by atoms with Crippen LogP contribution in [-0.4, -0.2) is 89.6 Å². The highest BCUT2D eigenvalue weighted by molar-refractivity contribution is 5.94. The molecule has 2 heterocycles. The SMILES string of the molecule is CCOC(=O)C(C)(C)CN1CC2CN(C(=O)OC(C)(C)C)CCN2C1=NC(C)=O. The third-order valence-electron chi connectivity index (χ3n) is 4.78. The van der Waals surface area contributed by atoms with Gasteiger partial charge in [-0.15, -0.1) is 0 Å². The highest BCUT2D eigenvalue weighted by atomic mass is 16.6. The average molecular weight is 411 g/mol. The largest absolute Gasteiger partial charge is 0.466 e. The van der Waals surface area contributed by atoms with Crippen molar-refractivity contribution < 1.29 is 23.9 Å². The number of amides is 2. The first-order chi connectivity index (χ1) is 13.3. The van der Waals surface area contributed by atoms with Gasteiger partial charge in [0, 0.05) is 39.6 Å². The monoisotopic (exact) mass is 410 g/mol. The molecule has 2 rings (SSSR count). The number of hydrogen-bond donors (Lipinski definition) is 0. The molecular formula is C20H34N4O5. The number of hydrogen-bond acceptors (Lipinski definition) is 5. The predicted molar refractivity (Wildman–Crippen MR) is 108 cm³/mol. The maximum absolute atomic E-state index is 12.5. The summed E-state index contributed by atoms with van der Waals surface area (Å²) < 4.78 is 10.7. The van der Waals surface area contributed by atoms with E-state index in [4.69, 9.17) is 9.47 Å². The summed E-state index contributed by atoms with van der Waals surface area (Å²) in [7, 11) is 0. The number of carbonyl (C=O) groups excluding carboxylic acids is 3. The molecule has 0 aromatic carbocycles. The Hall–Kier alpha value is -2.32. The van der Waals surface area contributed by atoms with Gasteiger partial charge < -0.3 is 24.2 Å². The second-order valence-corrected chi connectivity index (χ2v) is 9.19. The molecule has 0 aromatic heterocycles. The smallest absolute Gasteiger partial charge is 0.410 e. The highest BCUT2D eigenvalue weighted by Gasteiger charge is 2.44. The van der Waals surface area contributed by atoms with E-state index in [1.54, 1.807) is 11.8 Å². The van der Waals surface area contributed by atoms with Gasteiger partial charge in [-0.3, -0.25) is 9.59 Å². The van der Waals surface area contributed by atoms with Crippen LogP contribution in [-0.2, 0) is 19.1 Å². The van der Waals surface area contributed by atoms with Crippen molar-refractivity contribution in [3.05, 3.63) is 0 Å². The van der Waals surface area contributed by atoms with Crippen molar-refractivity contribution in [2.75, 3.05) is 39.3 Å². The van der Waals surface area contributed by atoms with Gasteiger partial charge in [-0.25, -0.2) is 4.79 Å². The standard InChI is InChI=1S/C20H34N4O5/c1-8-28-16(26)20(6,7)13-23-12-15-11-22(18(27)29-19(3,4)5)9-10-24(15)17(23)21-14(2)25/h15H,8-13H2,1-7H3. The molecule has 2 saturated heterocycles. The Bertz CT molecular complexity index is 683. The van der Waals surface area contributed by atoms with E-state index in [0.29, 0.717) is 45.3 Å². The zero-order valence-corrected chi connectivity index (χ0v) is 18.7. The molecule has 1 atom stereocenters. The zero-order chi connectivity index (χ0) is 22.0. The number of guanidine groups is 1. The van der Waals surface area contributed by atoms with Crippen molar-refractivity contribution in [1.82, 2.24) is 14.7 Å². The molecule has 0 N–H and O–H groups in total. The Morgan fingerprint density at radius 2 is 1.76 bits per heavy atom. The van der Waals surface area contributed by atoms with E-state index < -0.39 is 11.0 Å². The summed E-state index contributed by atoms with van der Waals surface area (Å²) >= 11 is 0. The molecule has 0 radical (unpaired) electrons. The van der Waals surface area contributed by atoms with Crippen molar-refractivity contribution in [2.24, 2.45) is 10.4 Å². The Morgan fingerprint density at radius 1 is 1.10 bits per heavy atom. The Morgan fingerprint density at radius 3 is 2.31 bits per heavy atom. The van der Waals surface area contributed by atoms with Gasteiger partial charge in [-0.05, 0) is 41.5 Å². The summed E-state index contributed by atoms with van der Waals surface area (Å²) in [5, 5.41) is 0. The first-order valence-corrected chi connectivity index (χ1v) is 10.1. The summed E-state index contributed by atoms with van der Waals surface area (Å²) in [6, 6.07) is -0.0210. The maximum atomic E-state index is 12.5. The van der Waals surface area contributed by atoms with Crippen LogP contribution in [0, 0.1) is 5.41 Å². The van der Waals surface area contributed by atoms with E-state index in [9.17, 15) is 14.4 Å². The molecule has 2 amide bonds. The van der Waals surface area contributed by atoms with E-state index in [-0.39, 0.29) is 24.0 Å². The summed E-state index contributed by atoms with van der Waals surface area (Å²) in [6.07, 6.45) is -0.340. The second-order valence-electron chi connectivity index (χ2n) is 9.19. The normalized spacial score (nSPS) is 21.3. The van der Waals surface area contributed by atoms with Crippen LogP contribution in [0.25, 0.3) is 0 Å². The minimum Gasteiger partial charge on any atom is -0.466 e. The number of nitrogens with zero attached hydrogens (tertiary/aromatic N) is 4. The number of aliphatic imine (C=N–C) groups is 1. The van der Waals surface area contributed by atoms with Gasteiger partial charge in [0.1, 0.15) is 5.60 Å². The molecule has 2 fully saturated rings. The van der Waals surface area contributed by atoms with Crippen molar-refractivity contribution in [2.45, 2.75) is 60.1 Å². The fourth-order valence-corrected chi connectivity index (χ4v) is 3.56. The fraction of sp³-hybridized carbons (Fsp3) is 0.800. The summed E-state index contributed by atoms with van der Waals surface area (Å²) in [6.45, 7) is 15.1. The zero-order valence-electron chi connectivity index (χ0n) is 18.7. The average Bonchev–Trinajstić information content (AvgIpc) is 2.89. The molecule has 0 bridgehead atoms. The molecule has 0 saturated carbocycles. The van der Waals surface area contributed by atoms with E-state index in [1.807, 2.05) is 44.4 Å². The highest BCUT2D eigenvalue weighted by Crippen LogP contribution is 2.27. The van der Waals surface area contributed by atoms with E-state index >= 15 is 0 Å². The second kappa shape index (κ2) is 8.59. The van der Waals surface area contributed by atoms with Crippen LogP contribution < -0.4 is 0 Å². The minimum absolute atomic E-state index is 0.0210. The van der Waals surface area contributed by atoms with Crippen LogP contribution in [0.15, 0.2) is 4.99 Å². The first-order valence-electron chi connectivity index (χ1n) is 10.1. The minimum atomic E-state index is -0.757. The molecule has 1 unspecified atom stereocenters. The quantitative estimate of drug-likeness (QED) is 0.652. The molecule has 9 heteroatoms. The molecular weight excluding hydrogens is 376 g/mol. The Balaban J connectivity index is 2.16. The van der Waals surface area contributed by atoms with Crippen molar-refractivity contribution in [3.63, 3.8) is 0 Å². The van der Waals surface area contributed by atoms with E-state index in [0.717, 1.165) is 0 Å². The Labute approximate surface area is 173 Å². The third kappa shape index (κ3) is 5.83.